The maximum absolute atomic E-state index is 12.5. The smallest absolute Gasteiger partial charge is 0.309 e. The second-order valence-corrected chi connectivity index (χ2v) is 9.45. The molecule has 2 unspecified atom stereocenters. The standard InChI is InChI=1S/C28H27NO5S/c1-35-21-13-11-20(12-14-21)19-9-6-18(7-10-19)8-15-25(30)24(28(33)34)16-17-29-26(31)22-4-2-3-5-23(22)27(29)32/h2-7,9-14,24-25,30H,8,15-17H2,1H3,(H,33,34). The van der Waals surface area contributed by atoms with Crippen molar-refractivity contribution in [1.29, 1.82) is 0 Å². The van der Waals surface area contributed by atoms with Crippen LogP contribution in [-0.4, -0.2) is 51.8 Å². The zero-order valence-electron chi connectivity index (χ0n) is 19.4. The Labute approximate surface area is 208 Å². The van der Waals surface area contributed by atoms with Crippen molar-refractivity contribution >= 4 is 29.5 Å². The number of aryl methyl sites for hydroxylation is 1. The van der Waals surface area contributed by atoms with Crippen molar-refractivity contribution in [1.82, 2.24) is 4.90 Å². The van der Waals surface area contributed by atoms with Gasteiger partial charge in [0.1, 0.15) is 0 Å². The van der Waals surface area contributed by atoms with E-state index in [9.17, 15) is 24.6 Å². The third-order valence-corrected chi connectivity index (χ3v) is 7.17. The highest BCUT2D eigenvalue weighted by Crippen LogP contribution is 2.26. The number of thioether (sulfide) groups is 1. The molecule has 2 amide bonds. The highest BCUT2D eigenvalue weighted by atomic mass is 32.2. The number of carboxylic acids is 1. The van der Waals surface area contributed by atoms with Gasteiger partial charge in [-0.15, -0.1) is 11.8 Å². The summed E-state index contributed by atoms with van der Waals surface area (Å²) >= 11 is 1.70. The van der Waals surface area contributed by atoms with Gasteiger partial charge in [0.25, 0.3) is 11.8 Å². The van der Waals surface area contributed by atoms with Crippen molar-refractivity contribution in [3.05, 3.63) is 89.5 Å². The average Bonchev–Trinajstić information content (AvgIpc) is 3.12. The van der Waals surface area contributed by atoms with Gasteiger partial charge in [-0.3, -0.25) is 19.3 Å². The predicted molar refractivity (Wildman–Crippen MR) is 136 cm³/mol. The number of hydrogen-bond donors (Lipinski definition) is 2. The first-order valence-corrected chi connectivity index (χ1v) is 12.7. The highest BCUT2D eigenvalue weighted by molar-refractivity contribution is 7.98. The number of carbonyl (C=O) groups is 3. The van der Waals surface area contributed by atoms with E-state index in [4.69, 9.17) is 0 Å². The molecule has 0 radical (unpaired) electrons. The summed E-state index contributed by atoms with van der Waals surface area (Å²) in [6.45, 7) is -0.0512. The molecule has 180 valence electrons. The zero-order chi connectivity index (χ0) is 24.9. The van der Waals surface area contributed by atoms with Crippen molar-refractivity contribution in [2.45, 2.75) is 30.3 Å². The Morgan fingerprint density at radius 3 is 1.91 bits per heavy atom. The summed E-state index contributed by atoms with van der Waals surface area (Å²) < 4.78 is 0. The number of fused-ring (bicyclic) bond motifs is 1. The van der Waals surface area contributed by atoms with Crippen molar-refractivity contribution in [3.63, 3.8) is 0 Å². The van der Waals surface area contributed by atoms with E-state index in [-0.39, 0.29) is 19.4 Å². The van der Waals surface area contributed by atoms with Crippen molar-refractivity contribution in [2.75, 3.05) is 12.8 Å². The van der Waals surface area contributed by atoms with Crippen LogP contribution in [0.25, 0.3) is 11.1 Å². The van der Waals surface area contributed by atoms with Gasteiger partial charge in [0.05, 0.1) is 23.1 Å². The van der Waals surface area contributed by atoms with Crippen molar-refractivity contribution < 1.29 is 24.6 Å². The topological polar surface area (TPSA) is 94.9 Å². The number of carboxylic acid groups (broad SMARTS) is 1. The fourth-order valence-corrected chi connectivity index (χ4v) is 4.76. The SMILES string of the molecule is CSc1ccc(-c2ccc(CCC(O)C(CCN3C(=O)c4ccccc4C3=O)C(=O)O)cc2)cc1. The molecule has 1 aliphatic heterocycles. The van der Waals surface area contributed by atoms with Crippen LogP contribution in [0.3, 0.4) is 0 Å². The molecule has 1 heterocycles. The molecule has 7 heteroatoms. The molecule has 0 aromatic heterocycles. The minimum absolute atomic E-state index is 0.00700. The molecule has 0 aliphatic carbocycles. The number of aliphatic hydroxyl groups is 1. The Bertz CT molecular complexity index is 1190. The average molecular weight is 490 g/mol. The third-order valence-electron chi connectivity index (χ3n) is 6.43. The van der Waals surface area contributed by atoms with Crippen LogP contribution in [-0.2, 0) is 11.2 Å². The number of carbonyl (C=O) groups excluding carboxylic acids is 2. The molecule has 0 saturated carbocycles. The fourth-order valence-electron chi connectivity index (χ4n) is 4.35. The molecule has 2 N–H and O–H groups in total. The van der Waals surface area contributed by atoms with Gasteiger partial charge in [-0.2, -0.15) is 0 Å². The van der Waals surface area contributed by atoms with E-state index in [1.807, 2.05) is 30.5 Å². The lowest BCUT2D eigenvalue weighted by Gasteiger charge is -2.22. The lowest BCUT2D eigenvalue weighted by Crippen LogP contribution is -2.36. The van der Waals surface area contributed by atoms with Crippen LogP contribution in [0.2, 0.25) is 0 Å². The molecule has 0 spiro atoms. The lowest BCUT2D eigenvalue weighted by molar-refractivity contribution is -0.146. The Kier molecular flexibility index (Phi) is 7.68. The van der Waals surface area contributed by atoms with Crippen LogP contribution in [0, 0.1) is 5.92 Å². The summed E-state index contributed by atoms with van der Waals surface area (Å²) in [5.41, 5.74) is 3.86. The van der Waals surface area contributed by atoms with Crippen LogP contribution in [0.1, 0.15) is 39.1 Å². The van der Waals surface area contributed by atoms with Crippen LogP contribution in [0.15, 0.2) is 77.7 Å². The summed E-state index contributed by atoms with van der Waals surface area (Å²) in [6, 6.07) is 22.9. The summed E-state index contributed by atoms with van der Waals surface area (Å²) in [7, 11) is 0. The van der Waals surface area contributed by atoms with Gasteiger partial charge in [-0.1, -0.05) is 48.5 Å². The lowest BCUT2D eigenvalue weighted by atomic mass is 9.93. The van der Waals surface area contributed by atoms with E-state index in [1.54, 1.807) is 36.0 Å². The molecular formula is C28H27NO5S. The molecule has 0 fully saturated rings. The molecule has 35 heavy (non-hydrogen) atoms. The Hall–Kier alpha value is -3.42. The maximum Gasteiger partial charge on any atom is 0.309 e. The summed E-state index contributed by atoms with van der Waals surface area (Å²) in [5, 5.41) is 20.3. The van der Waals surface area contributed by atoms with Crippen molar-refractivity contribution in [3.8, 4) is 11.1 Å². The third kappa shape index (κ3) is 5.47. The van der Waals surface area contributed by atoms with Gasteiger partial charge in [0.2, 0.25) is 0 Å². The van der Waals surface area contributed by atoms with E-state index >= 15 is 0 Å². The van der Waals surface area contributed by atoms with Crippen LogP contribution < -0.4 is 0 Å². The van der Waals surface area contributed by atoms with E-state index in [2.05, 4.69) is 24.3 Å². The molecule has 3 aromatic rings. The fraction of sp³-hybridized carbons (Fsp3) is 0.250. The normalized spacial score (nSPS) is 14.6. The minimum Gasteiger partial charge on any atom is -0.481 e. The van der Waals surface area contributed by atoms with Gasteiger partial charge in [0.15, 0.2) is 0 Å². The summed E-state index contributed by atoms with van der Waals surface area (Å²) in [4.78, 5) is 39.2. The second-order valence-electron chi connectivity index (χ2n) is 8.57. The number of aliphatic hydroxyl groups excluding tert-OH is 1. The minimum atomic E-state index is -1.14. The molecule has 3 aromatic carbocycles. The Morgan fingerprint density at radius 1 is 0.857 bits per heavy atom. The first-order chi connectivity index (χ1) is 16.9. The number of amides is 2. The van der Waals surface area contributed by atoms with Gasteiger partial charge in [0, 0.05) is 11.4 Å². The van der Waals surface area contributed by atoms with E-state index in [0.29, 0.717) is 17.5 Å². The van der Waals surface area contributed by atoms with E-state index in [0.717, 1.165) is 21.6 Å². The van der Waals surface area contributed by atoms with Gasteiger partial charge >= 0.3 is 5.97 Å². The molecule has 0 bridgehead atoms. The zero-order valence-corrected chi connectivity index (χ0v) is 20.2. The van der Waals surface area contributed by atoms with Gasteiger partial charge in [-0.25, -0.2) is 0 Å². The predicted octanol–water partition coefficient (Wildman–Crippen LogP) is 4.76. The number of aliphatic carboxylic acids is 1. The van der Waals surface area contributed by atoms with Gasteiger partial charge < -0.3 is 10.2 Å². The van der Waals surface area contributed by atoms with Crippen LogP contribution in [0.4, 0.5) is 0 Å². The monoisotopic (exact) mass is 489 g/mol. The van der Waals surface area contributed by atoms with Crippen LogP contribution in [0.5, 0.6) is 0 Å². The molecule has 1 aliphatic rings. The Balaban J connectivity index is 1.33. The quantitative estimate of drug-likeness (QED) is 0.315. The molecule has 6 nitrogen and oxygen atoms in total. The number of nitrogens with zero attached hydrogens (tertiary/aromatic N) is 1. The maximum atomic E-state index is 12.5. The van der Waals surface area contributed by atoms with Gasteiger partial charge in [-0.05, 0) is 66.5 Å². The molecule has 0 saturated heterocycles. The first-order valence-electron chi connectivity index (χ1n) is 11.5. The van der Waals surface area contributed by atoms with Crippen LogP contribution >= 0.6 is 11.8 Å². The summed E-state index contributed by atoms with van der Waals surface area (Å²) in [6.07, 6.45) is 1.72. The van der Waals surface area contributed by atoms with Crippen molar-refractivity contribution in [2.24, 2.45) is 5.92 Å². The van der Waals surface area contributed by atoms with E-state index < -0.39 is 29.8 Å². The number of hydrogen-bond acceptors (Lipinski definition) is 5. The first kappa shape index (κ1) is 24.7. The highest BCUT2D eigenvalue weighted by Gasteiger charge is 2.36. The molecule has 4 rings (SSSR count). The Morgan fingerprint density at radius 2 is 1.40 bits per heavy atom. The molecule has 2 atom stereocenters. The number of imide groups is 1. The van der Waals surface area contributed by atoms with E-state index in [1.165, 1.54) is 4.90 Å². The molecular weight excluding hydrogens is 462 g/mol. The number of benzene rings is 3. The summed E-state index contributed by atoms with van der Waals surface area (Å²) in [5.74, 6) is -3.06. The number of rotatable bonds is 10. The second kappa shape index (κ2) is 10.9. The largest absolute Gasteiger partial charge is 0.481 e.